The summed E-state index contributed by atoms with van der Waals surface area (Å²) in [5, 5.41) is 8.36. The molecule has 0 amide bonds. The summed E-state index contributed by atoms with van der Waals surface area (Å²) in [4.78, 5) is 0. The normalized spacial score (nSPS) is 10.9. The molecule has 0 spiro atoms. The van der Waals surface area contributed by atoms with Gasteiger partial charge in [-0.1, -0.05) is 42.0 Å². The van der Waals surface area contributed by atoms with Crippen molar-refractivity contribution in [3.8, 4) is 0 Å². The first-order valence-corrected chi connectivity index (χ1v) is 6.91. The summed E-state index contributed by atoms with van der Waals surface area (Å²) in [5.41, 5.74) is 10.5. The quantitative estimate of drug-likeness (QED) is 0.864. The Morgan fingerprint density at radius 2 is 1.89 bits per heavy atom. The molecule has 2 rings (SSSR count). The predicted octanol–water partition coefficient (Wildman–Crippen LogP) is 2.24. The van der Waals surface area contributed by atoms with E-state index in [9.17, 15) is 0 Å². The van der Waals surface area contributed by atoms with Gasteiger partial charge in [0.05, 0.1) is 11.4 Å². The lowest BCUT2D eigenvalue weighted by Gasteiger charge is -2.07. The molecule has 0 saturated carbocycles. The van der Waals surface area contributed by atoms with Crippen molar-refractivity contribution < 1.29 is 0 Å². The molecule has 4 nitrogen and oxygen atoms in total. The highest BCUT2D eigenvalue weighted by molar-refractivity contribution is 5.22. The molecule has 0 atom stereocenters. The Morgan fingerprint density at radius 3 is 2.53 bits per heavy atom. The monoisotopic (exact) mass is 258 g/mol. The topological polar surface area (TPSA) is 56.7 Å². The summed E-state index contributed by atoms with van der Waals surface area (Å²) < 4.78 is 2.00. The molecule has 0 aliphatic heterocycles. The van der Waals surface area contributed by atoms with Crippen LogP contribution in [0.25, 0.3) is 0 Å². The van der Waals surface area contributed by atoms with Gasteiger partial charge >= 0.3 is 0 Å². The van der Waals surface area contributed by atoms with Crippen molar-refractivity contribution in [2.24, 2.45) is 5.73 Å². The van der Waals surface area contributed by atoms with E-state index in [1.165, 1.54) is 16.8 Å². The van der Waals surface area contributed by atoms with Crippen LogP contribution in [0.15, 0.2) is 24.3 Å². The van der Waals surface area contributed by atoms with Gasteiger partial charge in [0.15, 0.2) is 0 Å². The molecule has 4 heteroatoms. The molecule has 0 bridgehead atoms. The zero-order valence-corrected chi connectivity index (χ0v) is 11.8. The summed E-state index contributed by atoms with van der Waals surface area (Å²) in [5.74, 6) is 0. The summed E-state index contributed by atoms with van der Waals surface area (Å²) >= 11 is 0. The molecule has 1 aromatic heterocycles. The third kappa shape index (κ3) is 3.41. The Balaban J connectivity index is 2.09. The molecule has 1 heterocycles. The van der Waals surface area contributed by atoms with Gasteiger partial charge in [-0.3, -0.25) is 0 Å². The molecular weight excluding hydrogens is 236 g/mol. The summed E-state index contributed by atoms with van der Waals surface area (Å²) in [6, 6.07) is 8.68. The predicted molar refractivity (Wildman–Crippen MR) is 76.8 cm³/mol. The second-order valence-corrected chi connectivity index (χ2v) is 4.90. The third-order valence-electron chi connectivity index (χ3n) is 3.32. The molecule has 19 heavy (non-hydrogen) atoms. The Labute approximate surface area is 114 Å². The van der Waals surface area contributed by atoms with Crippen LogP contribution in [0.3, 0.4) is 0 Å². The molecule has 0 fully saturated rings. The van der Waals surface area contributed by atoms with E-state index in [1.54, 1.807) is 0 Å². The Bertz CT molecular complexity index is 513. The minimum atomic E-state index is 0.465. The van der Waals surface area contributed by atoms with E-state index in [-0.39, 0.29) is 0 Å². The fourth-order valence-corrected chi connectivity index (χ4v) is 2.21. The molecule has 2 N–H and O–H groups in total. The van der Waals surface area contributed by atoms with E-state index in [0.717, 1.165) is 31.5 Å². The average molecular weight is 258 g/mol. The van der Waals surface area contributed by atoms with Crippen molar-refractivity contribution in [1.29, 1.82) is 0 Å². The Kier molecular flexibility index (Phi) is 4.68. The SMILES string of the molecule is CCCn1nnc(CN)c1CCc1ccc(C)cc1. The van der Waals surface area contributed by atoms with E-state index in [4.69, 9.17) is 5.73 Å². The zero-order chi connectivity index (χ0) is 13.7. The van der Waals surface area contributed by atoms with Gasteiger partial charge in [-0.25, -0.2) is 4.68 Å². The van der Waals surface area contributed by atoms with Gasteiger partial charge < -0.3 is 5.73 Å². The molecule has 0 unspecified atom stereocenters. The lowest BCUT2D eigenvalue weighted by Crippen LogP contribution is -2.09. The van der Waals surface area contributed by atoms with Crippen molar-refractivity contribution >= 4 is 0 Å². The number of hydrogen-bond acceptors (Lipinski definition) is 3. The average Bonchev–Trinajstić information content (AvgIpc) is 2.81. The molecule has 102 valence electrons. The Hall–Kier alpha value is -1.68. The van der Waals surface area contributed by atoms with Gasteiger partial charge in [0.25, 0.3) is 0 Å². The van der Waals surface area contributed by atoms with Gasteiger partial charge in [0, 0.05) is 13.1 Å². The van der Waals surface area contributed by atoms with Gasteiger partial charge in [-0.05, 0) is 31.7 Å². The first-order chi connectivity index (χ1) is 9.24. The van der Waals surface area contributed by atoms with Gasteiger partial charge in [0.1, 0.15) is 0 Å². The van der Waals surface area contributed by atoms with Crippen molar-refractivity contribution in [1.82, 2.24) is 15.0 Å². The standard InChI is InChI=1S/C15H22N4/c1-3-10-19-15(14(11-16)17-18-19)9-8-13-6-4-12(2)5-7-13/h4-7H,3,8-11,16H2,1-2H3. The molecule has 0 radical (unpaired) electrons. The minimum absolute atomic E-state index is 0.465. The van der Waals surface area contributed by atoms with Crippen LogP contribution in [0.2, 0.25) is 0 Å². The van der Waals surface area contributed by atoms with E-state index in [0.29, 0.717) is 6.54 Å². The molecule has 2 aromatic rings. The van der Waals surface area contributed by atoms with Gasteiger partial charge in [-0.15, -0.1) is 5.10 Å². The van der Waals surface area contributed by atoms with E-state index >= 15 is 0 Å². The van der Waals surface area contributed by atoms with E-state index in [1.807, 2.05) is 4.68 Å². The smallest absolute Gasteiger partial charge is 0.0994 e. The number of benzene rings is 1. The van der Waals surface area contributed by atoms with Crippen LogP contribution in [0.5, 0.6) is 0 Å². The van der Waals surface area contributed by atoms with Crippen LogP contribution < -0.4 is 5.73 Å². The fraction of sp³-hybridized carbons (Fsp3) is 0.467. The number of nitrogens with two attached hydrogens (primary N) is 1. The molecule has 0 aliphatic carbocycles. The first kappa shape index (κ1) is 13.7. The van der Waals surface area contributed by atoms with Crippen LogP contribution in [0.1, 0.15) is 35.9 Å². The van der Waals surface area contributed by atoms with Crippen LogP contribution >= 0.6 is 0 Å². The van der Waals surface area contributed by atoms with E-state index in [2.05, 4.69) is 48.4 Å². The van der Waals surface area contributed by atoms with Crippen LogP contribution in [0, 0.1) is 6.92 Å². The zero-order valence-electron chi connectivity index (χ0n) is 11.8. The summed E-state index contributed by atoms with van der Waals surface area (Å²) in [6.45, 7) is 5.63. The lowest BCUT2D eigenvalue weighted by atomic mass is 10.1. The maximum Gasteiger partial charge on any atom is 0.0994 e. The third-order valence-corrected chi connectivity index (χ3v) is 3.32. The van der Waals surface area contributed by atoms with Crippen LogP contribution in [-0.2, 0) is 25.9 Å². The summed E-state index contributed by atoms with van der Waals surface area (Å²) in [7, 11) is 0. The highest BCUT2D eigenvalue weighted by atomic mass is 15.4. The van der Waals surface area contributed by atoms with Crippen molar-refractivity contribution in [2.45, 2.75) is 46.2 Å². The van der Waals surface area contributed by atoms with Crippen molar-refractivity contribution in [3.05, 3.63) is 46.8 Å². The maximum atomic E-state index is 5.73. The molecular formula is C15H22N4. The van der Waals surface area contributed by atoms with Gasteiger partial charge in [0.2, 0.25) is 0 Å². The number of rotatable bonds is 6. The number of aromatic nitrogens is 3. The first-order valence-electron chi connectivity index (χ1n) is 6.91. The number of hydrogen-bond donors (Lipinski definition) is 1. The second-order valence-electron chi connectivity index (χ2n) is 4.90. The Morgan fingerprint density at radius 1 is 1.16 bits per heavy atom. The summed E-state index contributed by atoms with van der Waals surface area (Å²) in [6.07, 6.45) is 3.01. The minimum Gasteiger partial charge on any atom is -0.325 e. The van der Waals surface area contributed by atoms with Crippen LogP contribution in [0.4, 0.5) is 0 Å². The van der Waals surface area contributed by atoms with E-state index < -0.39 is 0 Å². The molecule has 1 aromatic carbocycles. The highest BCUT2D eigenvalue weighted by Gasteiger charge is 2.10. The molecule has 0 saturated heterocycles. The number of nitrogens with zero attached hydrogens (tertiary/aromatic N) is 3. The van der Waals surface area contributed by atoms with Crippen LogP contribution in [-0.4, -0.2) is 15.0 Å². The van der Waals surface area contributed by atoms with Gasteiger partial charge in [-0.2, -0.15) is 0 Å². The fourth-order valence-electron chi connectivity index (χ4n) is 2.21. The second kappa shape index (κ2) is 6.48. The highest BCUT2D eigenvalue weighted by Crippen LogP contribution is 2.11. The maximum absolute atomic E-state index is 5.73. The molecule has 0 aliphatic rings. The lowest BCUT2D eigenvalue weighted by molar-refractivity contribution is 0.553. The number of aryl methyl sites for hydroxylation is 3. The van der Waals surface area contributed by atoms with Crippen molar-refractivity contribution in [3.63, 3.8) is 0 Å². The van der Waals surface area contributed by atoms with Crippen molar-refractivity contribution in [2.75, 3.05) is 0 Å². The largest absolute Gasteiger partial charge is 0.325 e.